The summed E-state index contributed by atoms with van der Waals surface area (Å²) in [6, 6.07) is 0. The van der Waals surface area contributed by atoms with Gasteiger partial charge in [0.1, 0.15) is 6.61 Å². The van der Waals surface area contributed by atoms with Crippen LogP contribution in [0.25, 0.3) is 0 Å². The molecule has 0 saturated heterocycles. The number of thiol groups is 2. The Labute approximate surface area is 110 Å². The van der Waals surface area contributed by atoms with Gasteiger partial charge in [0.2, 0.25) is 0 Å². The van der Waals surface area contributed by atoms with Gasteiger partial charge in [0.15, 0.2) is 0 Å². The highest BCUT2D eigenvalue weighted by Gasteiger charge is 2.01. The molecule has 0 N–H and O–H groups in total. The first-order valence-corrected chi connectivity index (χ1v) is 7.45. The van der Waals surface area contributed by atoms with Crippen molar-refractivity contribution in [2.75, 3.05) is 18.1 Å². The molecule has 0 rings (SSSR count). The summed E-state index contributed by atoms with van der Waals surface area (Å²) in [6.45, 7) is 0.436. The van der Waals surface area contributed by atoms with Crippen LogP contribution in [0, 0.1) is 0 Å². The second kappa shape index (κ2) is 13.2. The monoisotopic (exact) mass is 264 g/mol. The maximum atomic E-state index is 11.1. The number of hydrogen-bond donors (Lipinski definition) is 2. The predicted molar refractivity (Wildman–Crippen MR) is 75.6 cm³/mol. The molecule has 0 bridgehead atoms. The quantitative estimate of drug-likeness (QED) is 0.339. The van der Waals surface area contributed by atoms with Crippen LogP contribution in [0.3, 0.4) is 0 Å². The Morgan fingerprint density at radius 2 is 1.38 bits per heavy atom. The molecule has 0 aromatic carbocycles. The van der Waals surface area contributed by atoms with Crippen LogP contribution in [0.5, 0.6) is 0 Å². The van der Waals surface area contributed by atoms with Crippen molar-refractivity contribution < 1.29 is 9.53 Å². The standard InChI is InChI=1S/C12H24O2S2/c13-12(14-9-11-16)8-6-4-2-1-3-5-7-10-15/h15-16H,1-11H2. The Bertz CT molecular complexity index is 163. The van der Waals surface area contributed by atoms with Gasteiger partial charge in [0.05, 0.1) is 0 Å². The zero-order chi connectivity index (χ0) is 12.1. The molecule has 0 heterocycles. The van der Waals surface area contributed by atoms with Crippen molar-refractivity contribution in [2.45, 2.75) is 51.4 Å². The molecule has 0 amide bonds. The van der Waals surface area contributed by atoms with Crippen LogP contribution in [0.15, 0.2) is 0 Å². The lowest BCUT2D eigenvalue weighted by molar-refractivity contribution is -0.143. The highest BCUT2D eigenvalue weighted by atomic mass is 32.1. The minimum absolute atomic E-state index is 0.0795. The van der Waals surface area contributed by atoms with Gasteiger partial charge in [-0.2, -0.15) is 25.3 Å². The maximum Gasteiger partial charge on any atom is 0.305 e. The normalized spacial score (nSPS) is 10.4. The first kappa shape index (κ1) is 16.2. The summed E-state index contributed by atoms with van der Waals surface area (Å²) < 4.78 is 4.93. The molecule has 0 spiro atoms. The summed E-state index contributed by atoms with van der Waals surface area (Å²) in [7, 11) is 0. The molecule has 4 heteroatoms. The summed E-state index contributed by atoms with van der Waals surface area (Å²) in [5.41, 5.74) is 0. The van der Waals surface area contributed by atoms with Gasteiger partial charge in [-0.3, -0.25) is 4.79 Å². The Morgan fingerprint density at radius 1 is 0.812 bits per heavy atom. The van der Waals surface area contributed by atoms with Crippen molar-refractivity contribution in [3.63, 3.8) is 0 Å². The molecular formula is C12H24O2S2. The number of hydrogen-bond acceptors (Lipinski definition) is 4. The number of rotatable bonds is 11. The Morgan fingerprint density at radius 3 is 1.94 bits per heavy atom. The van der Waals surface area contributed by atoms with Crippen LogP contribution in [0.4, 0.5) is 0 Å². The molecular weight excluding hydrogens is 240 g/mol. The summed E-state index contributed by atoms with van der Waals surface area (Å²) in [5, 5.41) is 0. The third-order valence-corrected chi connectivity index (χ3v) is 2.89. The minimum atomic E-state index is -0.0795. The molecule has 2 nitrogen and oxygen atoms in total. The van der Waals surface area contributed by atoms with Gasteiger partial charge in [0, 0.05) is 12.2 Å². The largest absolute Gasteiger partial charge is 0.465 e. The average molecular weight is 264 g/mol. The van der Waals surface area contributed by atoms with Crippen molar-refractivity contribution in [3.05, 3.63) is 0 Å². The molecule has 0 aliphatic carbocycles. The molecule has 0 aromatic heterocycles. The van der Waals surface area contributed by atoms with Gasteiger partial charge in [-0.25, -0.2) is 0 Å². The fourth-order valence-electron chi connectivity index (χ4n) is 1.50. The summed E-state index contributed by atoms with van der Waals surface area (Å²) in [6.07, 6.45) is 8.96. The molecule has 0 unspecified atom stereocenters. The highest BCUT2D eigenvalue weighted by Crippen LogP contribution is 2.09. The van der Waals surface area contributed by atoms with Crippen LogP contribution in [0.1, 0.15) is 51.4 Å². The van der Waals surface area contributed by atoms with E-state index in [4.69, 9.17) is 4.74 Å². The second-order valence-electron chi connectivity index (χ2n) is 3.89. The Balaban J connectivity index is 3.05. The smallest absolute Gasteiger partial charge is 0.305 e. The second-order valence-corrected chi connectivity index (χ2v) is 4.79. The summed E-state index contributed by atoms with van der Waals surface area (Å²) in [5.74, 6) is 1.53. The molecule has 16 heavy (non-hydrogen) atoms. The van der Waals surface area contributed by atoms with Crippen molar-refractivity contribution in [1.29, 1.82) is 0 Å². The lowest BCUT2D eigenvalue weighted by Gasteiger charge is -2.03. The van der Waals surface area contributed by atoms with Crippen molar-refractivity contribution in [3.8, 4) is 0 Å². The first-order valence-electron chi connectivity index (χ1n) is 6.18. The number of esters is 1. The van der Waals surface area contributed by atoms with Crippen LogP contribution in [-0.2, 0) is 9.53 Å². The van der Waals surface area contributed by atoms with E-state index in [9.17, 15) is 4.79 Å². The Kier molecular flexibility index (Phi) is 13.4. The lowest BCUT2D eigenvalue weighted by Crippen LogP contribution is -2.06. The van der Waals surface area contributed by atoms with Gasteiger partial charge < -0.3 is 4.74 Å². The number of ether oxygens (including phenoxy) is 1. The molecule has 0 fully saturated rings. The molecule has 0 aliphatic heterocycles. The van der Waals surface area contributed by atoms with Crippen LogP contribution >= 0.6 is 25.3 Å². The van der Waals surface area contributed by atoms with Crippen LogP contribution in [-0.4, -0.2) is 24.1 Å². The number of carbonyl (C=O) groups excluding carboxylic acids is 1. The highest BCUT2D eigenvalue weighted by molar-refractivity contribution is 7.80. The summed E-state index contributed by atoms with van der Waals surface area (Å²) >= 11 is 8.15. The van der Waals surface area contributed by atoms with E-state index in [0.29, 0.717) is 18.8 Å². The van der Waals surface area contributed by atoms with Crippen LogP contribution in [0.2, 0.25) is 0 Å². The van der Waals surface area contributed by atoms with E-state index < -0.39 is 0 Å². The molecule has 0 radical (unpaired) electrons. The topological polar surface area (TPSA) is 26.3 Å². The van der Waals surface area contributed by atoms with Crippen molar-refractivity contribution >= 4 is 31.2 Å². The molecule has 0 saturated carbocycles. The fourth-order valence-corrected chi connectivity index (χ4v) is 1.81. The Hall–Kier alpha value is 0.170. The first-order chi connectivity index (χ1) is 7.81. The third kappa shape index (κ3) is 12.2. The number of unbranched alkanes of at least 4 members (excludes halogenated alkanes) is 6. The van der Waals surface area contributed by atoms with Crippen molar-refractivity contribution in [2.24, 2.45) is 0 Å². The van der Waals surface area contributed by atoms with Crippen LogP contribution < -0.4 is 0 Å². The molecule has 0 aliphatic rings. The van der Waals surface area contributed by atoms with E-state index in [1.807, 2.05) is 0 Å². The van der Waals surface area contributed by atoms with Gasteiger partial charge in [-0.1, -0.05) is 32.1 Å². The van der Waals surface area contributed by atoms with E-state index in [1.165, 1.54) is 32.1 Å². The molecule has 0 aromatic rings. The minimum Gasteiger partial charge on any atom is -0.465 e. The van der Waals surface area contributed by atoms with Gasteiger partial charge in [0.25, 0.3) is 0 Å². The lowest BCUT2D eigenvalue weighted by atomic mass is 10.1. The number of carbonyl (C=O) groups is 1. The van der Waals surface area contributed by atoms with E-state index >= 15 is 0 Å². The van der Waals surface area contributed by atoms with Gasteiger partial charge >= 0.3 is 5.97 Å². The van der Waals surface area contributed by atoms with Gasteiger partial charge in [-0.15, -0.1) is 0 Å². The summed E-state index contributed by atoms with van der Waals surface area (Å²) in [4.78, 5) is 11.1. The van der Waals surface area contributed by atoms with E-state index in [0.717, 1.165) is 18.6 Å². The van der Waals surface area contributed by atoms with Crippen molar-refractivity contribution in [1.82, 2.24) is 0 Å². The fraction of sp³-hybridized carbons (Fsp3) is 0.917. The predicted octanol–water partition coefficient (Wildman–Crippen LogP) is 3.51. The van der Waals surface area contributed by atoms with E-state index in [-0.39, 0.29) is 5.97 Å². The molecule has 0 atom stereocenters. The average Bonchev–Trinajstić information content (AvgIpc) is 2.30. The third-order valence-electron chi connectivity index (χ3n) is 2.39. The van der Waals surface area contributed by atoms with E-state index in [2.05, 4.69) is 25.3 Å². The molecule has 96 valence electrons. The maximum absolute atomic E-state index is 11.1. The zero-order valence-electron chi connectivity index (χ0n) is 9.99. The SMILES string of the molecule is O=C(CCCCCCCCCS)OCCS. The van der Waals surface area contributed by atoms with Gasteiger partial charge in [-0.05, 0) is 18.6 Å². The zero-order valence-corrected chi connectivity index (χ0v) is 11.8. The van der Waals surface area contributed by atoms with E-state index in [1.54, 1.807) is 0 Å².